The van der Waals surface area contributed by atoms with E-state index in [1.54, 1.807) is 23.0 Å². The number of hydrogen-bond donors (Lipinski definition) is 2. The van der Waals surface area contributed by atoms with Crippen LogP contribution in [0.2, 0.25) is 0 Å². The minimum Gasteiger partial charge on any atom is -0.454 e. The minimum atomic E-state index is -0.328. The van der Waals surface area contributed by atoms with Crippen LogP contribution < -0.4 is 5.32 Å². The first-order valence-corrected chi connectivity index (χ1v) is 5.25. The van der Waals surface area contributed by atoms with Crippen molar-refractivity contribution >= 4 is 5.91 Å². The second kappa shape index (κ2) is 5.31. The fourth-order valence-electron chi connectivity index (χ4n) is 1.40. The van der Waals surface area contributed by atoms with Crippen LogP contribution in [0.3, 0.4) is 0 Å². The molecule has 0 fully saturated rings. The maximum absolute atomic E-state index is 11.5. The van der Waals surface area contributed by atoms with Crippen molar-refractivity contribution in [3.63, 3.8) is 0 Å². The molecule has 17 heavy (non-hydrogen) atoms. The van der Waals surface area contributed by atoms with Crippen LogP contribution in [0, 0.1) is 0 Å². The zero-order chi connectivity index (χ0) is 12.1. The van der Waals surface area contributed by atoms with Crippen LogP contribution in [0.5, 0.6) is 0 Å². The molecule has 0 spiro atoms. The molecule has 2 N–H and O–H groups in total. The Bertz CT molecular complexity index is 476. The Morgan fingerprint density at radius 1 is 1.53 bits per heavy atom. The minimum absolute atomic E-state index is 0.0907. The van der Waals surface area contributed by atoms with Crippen LogP contribution in [0.15, 0.2) is 35.0 Å². The van der Waals surface area contributed by atoms with Gasteiger partial charge in [-0.3, -0.25) is 9.48 Å². The quantitative estimate of drug-likeness (QED) is 0.778. The van der Waals surface area contributed by atoms with Gasteiger partial charge in [0.25, 0.3) is 5.91 Å². The van der Waals surface area contributed by atoms with Crippen LogP contribution in [0.4, 0.5) is 0 Å². The van der Waals surface area contributed by atoms with Crippen LogP contribution >= 0.6 is 0 Å². The van der Waals surface area contributed by atoms with Gasteiger partial charge in [0.05, 0.1) is 13.2 Å². The highest BCUT2D eigenvalue weighted by molar-refractivity contribution is 5.91. The van der Waals surface area contributed by atoms with Crippen molar-refractivity contribution in [1.29, 1.82) is 0 Å². The molecule has 0 aliphatic heterocycles. The van der Waals surface area contributed by atoms with Gasteiger partial charge in [-0.05, 0) is 18.2 Å². The number of nitrogens with one attached hydrogen (secondary N) is 1. The highest BCUT2D eigenvalue weighted by Gasteiger charge is 2.10. The Hall–Kier alpha value is -2.08. The first-order valence-electron chi connectivity index (χ1n) is 5.25. The number of carbonyl (C=O) groups is 1. The highest BCUT2D eigenvalue weighted by atomic mass is 16.4. The lowest BCUT2D eigenvalue weighted by molar-refractivity contribution is 0.0915. The van der Waals surface area contributed by atoms with E-state index in [2.05, 4.69) is 10.4 Å². The molecule has 90 valence electrons. The number of aliphatic hydroxyl groups excluding tert-OH is 1. The maximum Gasteiger partial charge on any atom is 0.287 e. The summed E-state index contributed by atoms with van der Waals surface area (Å²) in [6, 6.07) is 5.15. The van der Waals surface area contributed by atoms with Gasteiger partial charge < -0.3 is 14.8 Å². The molecule has 2 heterocycles. The Morgan fingerprint density at radius 3 is 3.12 bits per heavy atom. The normalized spacial score (nSPS) is 10.4. The van der Waals surface area contributed by atoms with E-state index in [9.17, 15) is 4.79 Å². The van der Waals surface area contributed by atoms with Gasteiger partial charge in [-0.15, -0.1) is 0 Å². The summed E-state index contributed by atoms with van der Waals surface area (Å²) in [5.74, 6) is 0.564. The summed E-state index contributed by atoms with van der Waals surface area (Å²) in [7, 11) is 0. The second-order valence-corrected chi connectivity index (χ2v) is 3.45. The molecule has 0 saturated heterocycles. The van der Waals surface area contributed by atoms with Crippen LogP contribution in [0.1, 0.15) is 16.3 Å². The summed E-state index contributed by atoms with van der Waals surface area (Å²) < 4.78 is 7.06. The average Bonchev–Trinajstić information content (AvgIpc) is 2.98. The van der Waals surface area contributed by atoms with Crippen LogP contribution in [-0.2, 0) is 6.54 Å². The molecule has 0 atom stereocenters. The molecule has 0 aliphatic carbocycles. The fourth-order valence-corrected chi connectivity index (χ4v) is 1.40. The predicted octanol–water partition coefficient (Wildman–Crippen LogP) is 0.246. The number of carbonyl (C=O) groups excluding carboxylic acids is 1. The zero-order valence-electron chi connectivity index (χ0n) is 9.17. The molecule has 0 unspecified atom stereocenters. The van der Waals surface area contributed by atoms with Crippen molar-refractivity contribution in [2.24, 2.45) is 0 Å². The molecule has 0 radical (unpaired) electrons. The lowest BCUT2D eigenvalue weighted by Gasteiger charge is -2.00. The molecule has 2 aromatic heterocycles. The predicted molar refractivity (Wildman–Crippen MR) is 59.5 cm³/mol. The number of furan rings is 1. The van der Waals surface area contributed by atoms with Crippen molar-refractivity contribution in [3.8, 4) is 0 Å². The molecular weight excluding hydrogens is 222 g/mol. The van der Waals surface area contributed by atoms with Crippen molar-refractivity contribution < 1.29 is 14.3 Å². The van der Waals surface area contributed by atoms with Gasteiger partial charge in [-0.2, -0.15) is 5.10 Å². The van der Waals surface area contributed by atoms with Gasteiger partial charge in [-0.1, -0.05) is 0 Å². The van der Waals surface area contributed by atoms with E-state index in [0.29, 0.717) is 12.3 Å². The number of aliphatic hydroxyl groups is 1. The average molecular weight is 235 g/mol. The largest absolute Gasteiger partial charge is 0.454 e. The molecule has 2 rings (SSSR count). The molecular formula is C11H13N3O3. The summed E-state index contributed by atoms with van der Waals surface area (Å²) in [6.07, 6.45) is 3.49. The SMILES string of the molecule is O=C(NCCO)c1ccc(Cn2cccn2)o1. The molecule has 2 aromatic rings. The Kier molecular flexibility index (Phi) is 3.56. The van der Waals surface area contributed by atoms with Gasteiger partial charge in [0, 0.05) is 18.9 Å². The molecule has 0 bridgehead atoms. The Labute approximate surface area is 97.9 Å². The van der Waals surface area contributed by atoms with E-state index in [-0.39, 0.29) is 24.8 Å². The zero-order valence-corrected chi connectivity index (χ0v) is 9.17. The fraction of sp³-hybridized carbons (Fsp3) is 0.273. The molecule has 0 aromatic carbocycles. The van der Waals surface area contributed by atoms with Crippen molar-refractivity contribution in [2.75, 3.05) is 13.2 Å². The molecule has 0 saturated carbocycles. The third-order valence-electron chi connectivity index (χ3n) is 2.16. The topological polar surface area (TPSA) is 80.3 Å². The summed E-state index contributed by atoms with van der Waals surface area (Å²) in [5, 5.41) is 15.1. The third-order valence-corrected chi connectivity index (χ3v) is 2.16. The third kappa shape index (κ3) is 2.94. The lowest BCUT2D eigenvalue weighted by Crippen LogP contribution is -2.25. The molecule has 0 aliphatic rings. The van der Waals surface area contributed by atoms with E-state index in [1.807, 2.05) is 12.3 Å². The Balaban J connectivity index is 1.98. The molecule has 6 nitrogen and oxygen atoms in total. The van der Waals surface area contributed by atoms with Gasteiger partial charge in [0.2, 0.25) is 0 Å². The standard InChI is InChI=1S/C11H13N3O3/c15-7-5-12-11(16)10-3-2-9(17-10)8-14-6-1-4-13-14/h1-4,6,15H,5,7-8H2,(H,12,16). The Morgan fingerprint density at radius 2 is 2.41 bits per heavy atom. The number of hydrogen-bond acceptors (Lipinski definition) is 4. The van der Waals surface area contributed by atoms with Gasteiger partial charge >= 0.3 is 0 Å². The molecule has 6 heteroatoms. The van der Waals surface area contributed by atoms with E-state index < -0.39 is 0 Å². The van der Waals surface area contributed by atoms with Crippen molar-refractivity contribution in [1.82, 2.24) is 15.1 Å². The van der Waals surface area contributed by atoms with Gasteiger partial charge in [-0.25, -0.2) is 0 Å². The van der Waals surface area contributed by atoms with Crippen LogP contribution in [0.25, 0.3) is 0 Å². The number of aromatic nitrogens is 2. The van der Waals surface area contributed by atoms with Gasteiger partial charge in [0.1, 0.15) is 5.76 Å². The number of rotatable bonds is 5. The summed E-state index contributed by atoms with van der Waals surface area (Å²) in [6.45, 7) is 0.612. The van der Waals surface area contributed by atoms with E-state index in [4.69, 9.17) is 9.52 Å². The van der Waals surface area contributed by atoms with E-state index in [1.165, 1.54) is 0 Å². The van der Waals surface area contributed by atoms with Crippen molar-refractivity contribution in [2.45, 2.75) is 6.54 Å². The first kappa shape index (κ1) is 11.4. The summed E-state index contributed by atoms with van der Waals surface area (Å²) in [5.41, 5.74) is 0. The monoisotopic (exact) mass is 235 g/mol. The maximum atomic E-state index is 11.5. The summed E-state index contributed by atoms with van der Waals surface area (Å²) in [4.78, 5) is 11.5. The lowest BCUT2D eigenvalue weighted by atomic mass is 10.4. The number of amides is 1. The van der Waals surface area contributed by atoms with Crippen LogP contribution in [-0.4, -0.2) is 33.9 Å². The molecule has 1 amide bonds. The van der Waals surface area contributed by atoms with Crippen molar-refractivity contribution in [3.05, 3.63) is 42.1 Å². The smallest absolute Gasteiger partial charge is 0.287 e. The number of nitrogens with zero attached hydrogens (tertiary/aromatic N) is 2. The first-order chi connectivity index (χ1) is 8.29. The van der Waals surface area contributed by atoms with E-state index in [0.717, 1.165) is 0 Å². The van der Waals surface area contributed by atoms with Gasteiger partial charge in [0.15, 0.2) is 5.76 Å². The van der Waals surface area contributed by atoms with E-state index >= 15 is 0 Å². The summed E-state index contributed by atoms with van der Waals surface area (Å²) >= 11 is 0. The highest BCUT2D eigenvalue weighted by Crippen LogP contribution is 2.09. The second-order valence-electron chi connectivity index (χ2n) is 3.45.